The van der Waals surface area contributed by atoms with Crippen LogP contribution < -0.4 is 0 Å². The van der Waals surface area contributed by atoms with Crippen LogP contribution in [0.4, 0.5) is 4.79 Å². The first-order chi connectivity index (χ1) is 13.8. The molecule has 4 heterocycles. The van der Waals surface area contributed by atoms with Crippen LogP contribution in [0.2, 0.25) is 0 Å². The number of fused-ring (bicyclic) bond motifs is 1. The Morgan fingerprint density at radius 2 is 2.00 bits per heavy atom. The van der Waals surface area contributed by atoms with E-state index in [0.29, 0.717) is 31.7 Å². The number of carbonyl (C=O) groups is 2. The Bertz CT molecular complexity index is 905. The summed E-state index contributed by atoms with van der Waals surface area (Å²) in [5, 5.41) is 8.71. The van der Waals surface area contributed by atoms with Crippen molar-refractivity contribution in [3.8, 4) is 0 Å². The standard InChI is InChI=1S/C20H26N6O3/c1-20(2,3)29-19(28)24-10-11-26-16(13-24)22-23-17(26)15-7-5-9-25(15)18(27)14-6-4-8-21-12-14/h4,6,8,12,15H,5,7,9-11,13H2,1-3H3/t15-/m0/s1. The monoisotopic (exact) mass is 398 g/mol. The molecule has 9 nitrogen and oxygen atoms in total. The zero-order valence-electron chi connectivity index (χ0n) is 17.0. The second-order valence-corrected chi connectivity index (χ2v) is 8.43. The van der Waals surface area contributed by atoms with Crippen LogP contribution in [0.15, 0.2) is 24.5 Å². The molecule has 0 aliphatic carbocycles. The summed E-state index contributed by atoms with van der Waals surface area (Å²) in [7, 11) is 0. The van der Waals surface area contributed by atoms with E-state index >= 15 is 0 Å². The third-order valence-electron chi connectivity index (χ3n) is 5.15. The zero-order valence-corrected chi connectivity index (χ0v) is 17.0. The fraction of sp³-hybridized carbons (Fsp3) is 0.550. The summed E-state index contributed by atoms with van der Waals surface area (Å²) in [6, 6.07) is 3.43. The maximum absolute atomic E-state index is 13.0. The number of amides is 2. The minimum absolute atomic E-state index is 0.0378. The average Bonchev–Trinajstić information content (AvgIpc) is 3.32. The molecule has 0 N–H and O–H groups in total. The molecular weight excluding hydrogens is 372 g/mol. The van der Waals surface area contributed by atoms with Crippen molar-refractivity contribution < 1.29 is 14.3 Å². The number of ether oxygens (including phenoxy) is 1. The van der Waals surface area contributed by atoms with Crippen LogP contribution in [-0.2, 0) is 17.8 Å². The van der Waals surface area contributed by atoms with Gasteiger partial charge in [0.25, 0.3) is 5.91 Å². The lowest BCUT2D eigenvalue weighted by Gasteiger charge is -2.31. The molecule has 154 valence electrons. The van der Waals surface area contributed by atoms with E-state index in [4.69, 9.17) is 4.74 Å². The van der Waals surface area contributed by atoms with Crippen molar-refractivity contribution >= 4 is 12.0 Å². The average molecular weight is 398 g/mol. The van der Waals surface area contributed by atoms with Crippen molar-refractivity contribution in [3.05, 3.63) is 41.7 Å². The zero-order chi connectivity index (χ0) is 20.6. The highest BCUT2D eigenvalue weighted by Gasteiger charge is 2.36. The predicted molar refractivity (Wildman–Crippen MR) is 104 cm³/mol. The third-order valence-corrected chi connectivity index (χ3v) is 5.15. The maximum atomic E-state index is 13.0. The first-order valence-corrected chi connectivity index (χ1v) is 9.94. The Hall–Kier alpha value is -2.97. The van der Waals surface area contributed by atoms with Crippen LogP contribution in [-0.4, -0.2) is 60.2 Å². The van der Waals surface area contributed by atoms with E-state index in [2.05, 4.69) is 15.2 Å². The fourth-order valence-corrected chi connectivity index (χ4v) is 3.84. The molecule has 2 aromatic rings. The third kappa shape index (κ3) is 3.94. The molecule has 2 amide bonds. The van der Waals surface area contributed by atoms with Gasteiger partial charge in [-0.05, 0) is 45.7 Å². The van der Waals surface area contributed by atoms with E-state index in [9.17, 15) is 9.59 Å². The van der Waals surface area contributed by atoms with Crippen LogP contribution in [0.25, 0.3) is 0 Å². The number of nitrogens with zero attached hydrogens (tertiary/aromatic N) is 6. The first kappa shape index (κ1) is 19.4. The first-order valence-electron chi connectivity index (χ1n) is 9.94. The summed E-state index contributed by atoms with van der Waals surface area (Å²) < 4.78 is 7.51. The number of hydrogen-bond donors (Lipinski definition) is 0. The number of hydrogen-bond acceptors (Lipinski definition) is 6. The highest BCUT2D eigenvalue weighted by Crippen LogP contribution is 2.33. The topological polar surface area (TPSA) is 93.5 Å². The lowest BCUT2D eigenvalue weighted by Crippen LogP contribution is -2.42. The molecule has 2 aliphatic rings. The second kappa shape index (κ2) is 7.46. The largest absolute Gasteiger partial charge is 0.444 e. The van der Waals surface area contributed by atoms with Crippen LogP contribution in [0.1, 0.15) is 61.7 Å². The van der Waals surface area contributed by atoms with Crippen LogP contribution in [0.3, 0.4) is 0 Å². The summed E-state index contributed by atoms with van der Waals surface area (Å²) in [5.41, 5.74) is 0.0403. The van der Waals surface area contributed by atoms with Gasteiger partial charge in [-0.1, -0.05) is 0 Å². The van der Waals surface area contributed by atoms with Gasteiger partial charge >= 0.3 is 6.09 Å². The van der Waals surface area contributed by atoms with Crippen molar-refractivity contribution in [2.24, 2.45) is 0 Å². The van der Waals surface area contributed by atoms with Crippen molar-refractivity contribution in [3.63, 3.8) is 0 Å². The van der Waals surface area contributed by atoms with Gasteiger partial charge in [0.05, 0.1) is 18.2 Å². The number of carbonyl (C=O) groups excluding carboxylic acids is 2. The van der Waals surface area contributed by atoms with Crippen molar-refractivity contribution in [2.45, 2.75) is 58.3 Å². The van der Waals surface area contributed by atoms with Gasteiger partial charge in [0.1, 0.15) is 5.60 Å². The number of aromatic nitrogens is 4. The molecule has 0 saturated carbocycles. The van der Waals surface area contributed by atoms with Crippen LogP contribution in [0.5, 0.6) is 0 Å². The van der Waals surface area contributed by atoms with Crippen LogP contribution in [0, 0.1) is 0 Å². The van der Waals surface area contributed by atoms with Crippen molar-refractivity contribution in [1.82, 2.24) is 29.5 Å². The molecule has 29 heavy (non-hydrogen) atoms. The maximum Gasteiger partial charge on any atom is 0.410 e. The molecular formula is C20H26N6O3. The van der Waals surface area contributed by atoms with E-state index in [1.54, 1.807) is 29.4 Å². The Morgan fingerprint density at radius 3 is 2.72 bits per heavy atom. The van der Waals surface area contributed by atoms with Gasteiger partial charge in [-0.2, -0.15) is 0 Å². The molecule has 2 aliphatic heterocycles. The molecule has 9 heteroatoms. The quantitative estimate of drug-likeness (QED) is 0.771. The normalized spacial score (nSPS) is 19.2. The smallest absolute Gasteiger partial charge is 0.410 e. The summed E-state index contributed by atoms with van der Waals surface area (Å²) in [6.07, 6.45) is 4.67. The lowest BCUT2D eigenvalue weighted by atomic mass is 10.1. The molecule has 1 atom stereocenters. The Labute approximate surface area is 169 Å². The van der Waals surface area contributed by atoms with Gasteiger partial charge in [0.15, 0.2) is 11.6 Å². The molecule has 0 radical (unpaired) electrons. The lowest BCUT2D eigenvalue weighted by molar-refractivity contribution is 0.0193. The van der Waals surface area contributed by atoms with E-state index in [-0.39, 0.29) is 18.0 Å². The molecule has 2 aromatic heterocycles. The van der Waals surface area contributed by atoms with Gasteiger partial charge in [-0.3, -0.25) is 14.7 Å². The summed E-state index contributed by atoms with van der Waals surface area (Å²) in [4.78, 5) is 32.9. The van der Waals surface area contributed by atoms with Crippen molar-refractivity contribution in [2.75, 3.05) is 13.1 Å². The second-order valence-electron chi connectivity index (χ2n) is 8.43. The molecule has 0 spiro atoms. The summed E-state index contributed by atoms with van der Waals surface area (Å²) in [5.74, 6) is 1.47. The minimum Gasteiger partial charge on any atom is -0.444 e. The van der Waals surface area contributed by atoms with E-state index in [1.165, 1.54) is 0 Å². The minimum atomic E-state index is -0.537. The Kier molecular flexibility index (Phi) is 4.97. The Balaban J connectivity index is 1.52. The van der Waals surface area contributed by atoms with Crippen molar-refractivity contribution in [1.29, 1.82) is 0 Å². The van der Waals surface area contributed by atoms with Gasteiger partial charge in [0, 0.05) is 32.0 Å². The van der Waals surface area contributed by atoms with Gasteiger partial charge in [0.2, 0.25) is 0 Å². The summed E-state index contributed by atoms with van der Waals surface area (Å²) in [6.45, 7) is 7.70. The van der Waals surface area contributed by atoms with Crippen LogP contribution >= 0.6 is 0 Å². The molecule has 0 bridgehead atoms. The summed E-state index contributed by atoms with van der Waals surface area (Å²) >= 11 is 0. The highest BCUT2D eigenvalue weighted by atomic mass is 16.6. The number of pyridine rings is 1. The predicted octanol–water partition coefficient (Wildman–Crippen LogP) is 2.40. The fourth-order valence-electron chi connectivity index (χ4n) is 3.84. The van der Waals surface area contributed by atoms with Gasteiger partial charge < -0.3 is 14.2 Å². The van der Waals surface area contributed by atoms with Gasteiger partial charge in [-0.25, -0.2) is 4.79 Å². The van der Waals surface area contributed by atoms with E-state index < -0.39 is 5.60 Å². The number of likely N-dealkylation sites (tertiary alicyclic amines) is 1. The SMILES string of the molecule is CC(C)(C)OC(=O)N1CCn2c(nnc2[C@@H]2CCCN2C(=O)c2cccnc2)C1. The van der Waals surface area contributed by atoms with E-state index in [0.717, 1.165) is 24.5 Å². The molecule has 4 rings (SSSR count). The number of rotatable bonds is 2. The highest BCUT2D eigenvalue weighted by molar-refractivity contribution is 5.94. The molecule has 1 fully saturated rings. The van der Waals surface area contributed by atoms with E-state index in [1.807, 2.05) is 30.2 Å². The molecule has 0 unspecified atom stereocenters. The Morgan fingerprint density at radius 1 is 1.17 bits per heavy atom. The van der Waals surface area contributed by atoms with Gasteiger partial charge in [-0.15, -0.1) is 10.2 Å². The molecule has 1 saturated heterocycles. The molecule has 0 aromatic carbocycles.